The lowest BCUT2D eigenvalue weighted by atomic mass is 9.91. The topological polar surface area (TPSA) is 0 Å². The van der Waals surface area contributed by atoms with Crippen molar-refractivity contribution in [2.45, 2.75) is 33.6 Å². The zero-order chi connectivity index (χ0) is 12.3. The highest BCUT2D eigenvalue weighted by molar-refractivity contribution is 5.71. The van der Waals surface area contributed by atoms with E-state index in [4.69, 9.17) is 0 Å². The first-order valence-corrected chi connectivity index (χ1v) is 6.44. The van der Waals surface area contributed by atoms with Crippen molar-refractivity contribution >= 4 is 0 Å². The summed E-state index contributed by atoms with van der Waals surface area (Å²) in [5, 5.41) is 0. The molecule has 0 fully saturated rings. The highest BCUT2D eigenvalue weighted by atomic mass is 14.1. The van der Waals surface area contributed by atoms with Crippen molar-refractivity contribution in [2.24, 2.45) is 0 Å². The van der Waals surface area contributed by atoms with Crippen LogP contribution in [0, 0.1) is 6.92 Å². The van der Waals surface area contributed by atoms with Crippen LogP contribution in [0.2, 0.25) is 0 Å². The maximum absolute atomic E-state index is 2.25. The molecule has 2 rings (SSSR count). The second kappa shape index (κ2) is 5.18. The summed E-state index contributed by atoms with van der Waals surface area (Å²) in [7, 11) is 0. The Labute approximate surface area is 104 Å². The van der Waals surface area contributed by atoms with Crippen molar-refractivity contribution in [3.05, 3.63) is 59.2 Å². The molecule has 0 nitrogen and oxygen atoms in total. The van der Waals surface area contributed by atoms with Gasteiger partial charge in [0.15, 0.2) is 0 Å². The van der Waals surface area contributed by atoms with Gasteiger partial charge in [-0.3, -0.25) is 0 Å². The van der Waals surface area contributed by atoms with Crippen LogP contribution in [-0.4, -0.2) is 0 Å². The molecule has 0 aliphatic carbocycles. The van der Waals surface area contributed by atoms with Crippen molar-refractivity contribution < 1.29 is 0 Å². The van der Waals surface area contributed by atoms with E-state index in [2.05, 4.69) is 63.2 Å². The van der Waals surface area contributed by atoms with Crippen LogP contribution in [0.15, 0.2) is 42.5 Å². The smallest absolute Gasteiger partial charge is 0.0147 e. The maximum atomic E-state index is 2.25. The van der Waals surface area contributed by atoms with Crippen LogP contribution < -0.4 is 0 Å². The van der Waals surface area contributed by atoms with Gasteiger partial charge in [0.25, 0.3) is 0 Å². The molecule has 0 radical (unpaired) electrons. The van der Waals surface area contributed by atoms with E-state index in [-0.39, 0.29) is 0 Å². The lowest BCUT2D eigenvalue weighted by Gasteiger charge is -2.14. The molecule has 0 heterocycles. The molecular formula is C17H20. The lowest BCUT2D eigenvalue weighted by molar-refractivity contribution is 1.04. The quantitative estimate of drug-likeness (QED) is 0.703. The standard InChI is InChI=1S/C17H20/c1-4-14-10-8-12-17(15(14)5-2)16-11-7-6-9-13(16)3/h6-12H,4-5H2,1-3H3. The Balaban J connectivity index is 2.63. The van der Waals surface area contributed by atoms with Crippen LogP contribution in [0.4, 0.5) is 0 Å². The minimum Gasteiger partial charge on any atom is -0.0620 e. The Kier molecular flexibility index (Phi) is 3.63. The normalized spacial score (nSPS) is 10.5. The summed E-state index contributed by atoms with van der Waals surface area (Å²) in [6, 6.07) is 15.3. The fraction of sp³-hybridized carbons (Fsp3) is 0.294. The molecule has 0 spiro atoms. The number of rotatable bonds is 3. The molecule has 2 aromatic carbocycles. The van der Waals surface area contributed by atoms with Gasteiger partial charge in [-0.15, -0.1) is 0 Å². The zero-order valence-corrected chi connectivity index (χ0v) is 11.0. The molecule has 0 aromatic heterocycles. The van der Waals surface area contributed by atoms with Gasteiger partial charge in [-0.25, -0.2) is 0 Å². The Bertz CT molecular complexity index is 509. The largest absolute Gasteiger partial charge is 0.0620 e. The molecule has 88 valence electrons. The number of aryl methyl sites for hydroxylation is 2. The Hall–Kier alpha value is -1.56. The van der Waals surface area contributed by atoms with E-state index in [1.54, 1.807) is 0 Å². The van der Waals surface area contributed by atoms with Gasteiger partial charge >= 0.3 is 0 Å². The Morgan fingerprint density at radius 3 is 2.12 bits per heavy atom. The van der Waals surface area contributed by atoms with E-state index in [0.29, 0.717) is 0 Å². The van der Waals surface area contributed by atoms with Crippen LogP contribution in [0.3, 0.4) is 0 Å². The molecule has 2 aromatic rings. The second-order valence-corrected chi connectivity index (χ2v) is 4.47. The van der Waals surface area contributed by atoms with Gasteiger partial charge in [-0.1, -0.05) is 56.3 Å². The molecule has 0 aliphatic heterocycles. The van der Waals surface area contributed by atoms with E-state index in [0.717, 1.165) is 12.8 Å². The summed E-state index contributed by atoms with van der Waals surface area (Å²) in [6.45, 7) is 6.67. The van der Waals surface area contributed by atoms with Gasteiger partial charge in [0.1, 0.15) is 0 Å². The van der Waals surface area contributed by atoms with E-state index in [1.807, 2.05) is 0 Å². The molecule has 17 heavy (non-hydrogen) atoms. The molecule has 0 saturated carbocycles. The van der Waals surface area contributed by atoms with Gasteiger partial charge < -0.3 is 0 Å². The summed E-state index contributed by atoms with van der Waals surface area (Å²) in [5.41, 5.74) is 7.12. The van der Waals surface area contributed by atoms with Crippen LogP contribution >= 0.6 is 0 Å². The Morgan fingerprint density at radius 1 is 0.765 bits per heavy atom. The van der Waals surface area contributed by atoms with Gasteiger partial charge in [-0.2, -0.15) is 0 Å². The van der Waals surface area contributed by atoms with Crippen molar-refractivity contribution in [3.8, 4) is 11.1 Å². The predicted octanol–water partition coefficient (Wildman–Crippen LogP) is 4.79. The monoisotopic (exact) mass is 224 g/mol. The average molecular weight is 224 g/mol. The van der Waals surface area contributed by atoms with E-state index < -0.39 is 0 Å². The first-order chi connectivity index (χ1) is 8.27. The van der Waals surface area contributed by atoms with Crippen LogP contribution in [0.5, 0.6) is 0 Å². The van der Waals surface area contributed by atoms with E-state index in [9.17, 15) is 0 Å². The van der Waals surface area contributed by atoms with Gasteiger partial charge in [0, 0.05) is 0 Å². The SMILES string of the molecule is CCc1cccc(-c2ccccc2C)c1CC. The summed E-state index contributed by atoms with van der Waals surface area (Å²) in [5.74, 6) is 0. The van der Waals surface area contributed by atoms with Crippen molar-refractivity contribution in [2.75, 3.05) is 0 Å². The number of hydrogen-bond donors (Lipinski definition) is 0. The van der Waals surface area contributed by atoms with Gasteiger partial charge in [-0.05, 0) is 47.6 Å². The summed E-state index contributed by atoms with van der Waals surface area (Å²) in [4.78, 5) is 0. The fourth-order valence-electron chi connectivity index (χ4n) is 2.51. The predicted molar refractivity (Wildman–Crippen MR) is 75.4 cm³/mol. The Morgan fingerprint density at radius 2 is 1.47 bits per heavy atom. The van der Waals surface area contributed by atoms with Crippen molar-refractivity contribution in [3.63, 3.8) is 0 Å². The van der Waals surface area contributed by atoms with Crippen molar-refractivity contribution in [1.29, 1.82) is 0 Å². The van der Waals surface area contributed by atoms with E-state index >= 15 is 0 Å². The number of benzene rings is 2. The summed E-state index contributed by atoms with van der Waals surface area (Å²) >= 11 is 0. The highest BCUT2D eigenvalue weighted by Gasteiger charge is 2.08. The highest BCUT2D eigenvalue weighted by Crippen LogP contribution is 2.29. The third-order valence-corrected chi connectivity index (χ3v) is 3.44. The molecule has 0 heteroatoms. The van der Waals surface area contributed by atoms with Crippen LogP contribution in [-0.2, 0) is 12.8 Å². The fourth-order valence-corrected chi connectivity index (χ4v) is 2.51. The number of hydrogen-bond acceptors (Lipinski definition) is 0. The minimum atomic E-state index is 1.10. The van der Waals surface area contributed by atoms with Crippen LogP contribution in [0.25, 0.3) is 11.1 Å². The van der Waals surface area contributed by atoms with Gasteiger partial charge in [0.2, 0.25) is 0 Å². The third-order valence-electron chi connectivity index (χ3n) is 3.44. The van der Waals surface area contributed by atoms with Crippen molar-refractivity contribution in [1.82, 2.24) is 0 Å². The molecule has 0 N–H and O–H groups in total. The lowest BCUT2D eigenvalue weighted by Crippen LogP contribution is -1.95. The summed E-state index contributed by atoms with van der Waals surface area (Å²) in [6.07, 6.45) is 2.22. The minimum absolute atomic E-state index is 1.10. The van der Waals surface area contributed by atoms with Crippen LogP contribution in [0.1, 0.15) is 30.5 Å². The third kappa shape index (κ3) is 2.26. The van der Waals surface area contributed by atoms with Gasteiger partial charge in [0.05, 0.1) is 0 Å². The molecule has 0 aliphatic rings. The molecule has 0 atom stereocenters. The molecule has 0 saturated heterocycles. The molecular weight excluding hydrogens is 204 g/mol. The average Bonchev–Trinajstić information content (AvgIpc) is 2.38. The molecule has 0 unspecified atom stereocenters. The first kappa shape index (κ1) is 11.9. The summed E-state index contributed by atoms with van der Waals surface area (Å²) < 4.78 is 0. The first-order valence-electron chi connectivity index (χ1n) is 6.44. The molecule has 0 bridgehead atoms. The maximum Gasteiger partial charge on any atom is -0.0147 e. The second-order valence-electron chi connectivity index (χ2n) is 4.47. The zero-order valence-electron chi connectivity index (χ0n) is 11.0. The molecule has 0 amide bonds. The van der Waals surface area contributed by atoms with E-state index in [1.165, 1.54) is 27.8 Å².